The number of amides is 1. The van der Waals surface area contributed by atoms with Crippen LogP contribution in [0.5, 0.6) is 0 Å². The third-order valence-corrected chi connectivity index (χ3v) is 4.92. The van der Waals surface area contributed by atoms with Crippen molar-refractivity contribution in [1.82, 2.24) is 9.80 Å². The van der Waals surface area contributed by atoms with E-state index in [1.807, 2.05) is 17.0 Å². The molecule has 1 aliphatic rings. The number of piperazine rings is 1. The van der Waals surface area contributed by atoms with Gasteiger partial charge in [-0.05, 0) is 42.2 Å². The lowest BCUT2D eigenvalue weighted by Gasteiger charge is -2.35. The van der Waals surface area contributed by atoms with Gasteiger partial charge in [0.2, 0.25) is 0 Å². The Morgan fingerprint density at radius 1 is 0.958 bits per heavy atom. The van der Waals surface area contributed by atoms with E-state index in [9.17, 15) is 4.79 Å². The molecule has 3 nitrogen and oxygen atoms in total. The quantitative estimate of drug-likeness (QED) is 0.860. The summed E-state index contributed by atoms with van der Waals surface area (Å²) < 4.78 is 0. The molecule has 1 aliphatic heterocycles. The van der Waals surface area contributed by atoms with Crippen LogP contribution in [0.25, 0.3) is 0 Å². The van der Waals surface area contributed by atoms with Gasteiger partial charge in [-0.2, -0.15) is 0 Å². The Balaban J connectivity index is 1.56. The second-order valence-electron chi connectivity index (χ2n) is 6.55. The first kappa shape index (κ1) is 16.7. The zero-order valence-electron chi connectivity index (χ0n) is 14.7. The number of aryl methyl sites for hydroxylation is 2. The molecule has 2 aromatic rings. The zero-order valence-corrected chi connectivity index (χ0v) is 14.7. The Kier molecular flexibility index (Phi) is 5.31. The number of hydrogen-bond acceptors (Lipinski definition) is 2. The topological polar surface area (TPSA) is 23.6 Å². The average Bonchev–Trinajstić information content (AvgIpc) is 2.64. The van der Waals surface area contributed by atoms with Crippen molar-refractivity contribution in [2.24, 2.45) is 0 Å². The van der Waals surface area contributed by atoms with Crippen LogP contribution in [-0.4, -0.2) is 41.9 Å². The molecule has 0 unspecified atom stereocenters. The maximum absolute atomic E-state index is 12.6. The van der Waals surface area contributed by atoms with E-state index in [0.29, 0.717) is 0 Å². The van der Waals surface area contributed by atoms with Gasteiger partial charge in [-0.15, -0.1) is 0 Å². The molecule has 0 saturated carbocycles. The highest BCUT2D eigenvalue weighted by atomic mass is 16.2. The highest BCUT2D eigenvalue weighted by Crippen LogP contribution is 2.14. The lowest BCUT2D eigenvalue weighted by Crippen LogP contribution is -2.48. The van der Waals surface area contributed by atoms with Crippen LogP contribution in [0.2, 0.25) is 0 Å². The SMILES string of the molecule is CCc1ccc(C(=O)N2CCN(Cc3ccccc3C)CC2)cc1. The number of rotatable bonds is 4. The molecule has 24 heavy (non-hydrogen) atoms. The summed E-state index contributed by atoms with van der Waals surface area (Å²) in [6.45, 7) is 8.75. The van der Waals surface area contributed by atoms with E-state index in [-0.39, 0.29) is 5.91 Å². The van der Waals surface area contributed by atoms with Crippen molar-refractivity contribution in [3.05, 3.63) is 70.8 Å². The van der Waals surface area contributed by atoms with Gasteiger partial charge in [-0.25, -0.2) is 0 Å². The molecule has 0 aliphatic carbocycles. The number of carbonyl (C=O) groups is 1. The molecule has 0 atom stereocenters. The largest absolute Gasteiger partial charge is 0.336 e. The van der Waals surface area contributed by atoms with Crippen LogP contribution in [-0.2, 0) is 13.0 Å². The first-order chi connectivity index (χ1) is 11.7. The zero-order chi connectivity index (χ0) is 16.9. The minimum atomic E-state index is 0.160. The van der Waals surface area contributed by atoms with Crippen molar-refractivity contribution < 1.29 is 4.79 Å². The summed E-state index contributed by atoms with van der Waals surface area (Å²) in [4.78, 5) is 17.0. The maximum Gasteiger partial charge on any atom is 0.253 e. The Hall–Kier alpha value is -2.13. The Labute approximate surface area is 144 Å². The van der Waals surface area contributed by atoms with Crippen LogP contribution < -0.4 is 0 Å². The number of nitrogens with zero attached hydrogens (tertiary/aromatic N) is 2. The van der Waals surface area contributed by atoms with Crippen LogP contribution in [0.1, 0.15) is 34.0 Å². The van der Waals surface area contributed by atoms with Crippen molar-refractivity contribution in [3.8, 4) is 0 Å². The first-order valence-electron chi connectivity index (χ1n) is 8.82. The molecular formula is C21H26N2O. The Morgan fingerprint density at radius 3 is 2.25 bits per heavy atom. The fraction of sp³-hybridized carbons (Fsp3) is 0.381. The van der Waals surface area contributed by atoms with Crippen molar-refractivity contribution in [2.75, 3.05) is 26.2 Å². The van der Waals surface area contributed by atoms with Crippen molar-refractivity contribution in [1.29, 1.82) is 0 Å². The van der Waals surface area contributed by atoms with Gasteiger partial charge in [0.25, 0.3) is 5.91 Å². The molecular weight excluding hydrogens is 296 g/mol. The van der Waals surface area contributed by atoms with E-state index in [2.05, 4.69) is 55.1 Å². The minimum Gasteiger partial charge on any atom is -0.336 e. The normalized spacial score (nSPS) is 15.5. The average molecular weight is 322 g/mol. The summed E-state index contributed by atoms with van der Waals surface area (Å²) in [6.07, 6.45) is 1.01. The van der Waals surface area contributed by atoms with E-state index in [1.54, 1.807) is 0 Å². The van der Waals surface area contributed by atoms with E-state index in [1.165, 1.54) is 16.7 Å². The van der Waals surface area contributed by atoms with Crippen LogP contribution in [0, 0.1) is 6.92 Å². The maximum atomic E-state index is 12.6. The molecule has 0 aromatic heterocycles. The first-order valence-corrected chi connectivity index (χ1v) is 8.82. The van der Waals surface area contributed by atoms with Gasteiger partial charge in [0.05, 0.1) is 0 Å². The fourth-order valence-corrected chi connectivity index (χ4v) is 3.20. The molecule has 1 saturated heterocycles. The molecule has 1 amide bonds. The summed E-state index contributed by atoms with van der Waals surface area (Å²) in [5, 5.41) is 0. The van der Waals surface area contributed by atoms with Gasteiger partial charge in [0.15, 0.2) is 0 Å². The number of carbonyl (C=O) groups excluding carboxylic acids is 1. The van der Waals surface area contributed by atoms with Gasteiger partial charge in [0.1, 0.15) is 0 Å². The van der Waals surface area contributed by atoms with Crippen LogP contribution in [0.4, 0.5) is 0 Å². The van der Waals surface area contributed by atoms with Crippen molar-refractivity contribution >= 4 is 5.91 Å². The Morgan fingerprint density at radius 2 is 1.62 bits per heavy atom. The summed E-state index contributed by atoms with van der Waals surface area (Å²) in [7, 11) is 0. The summed E-state index contributed by atoms with van der Waals surface area (Å²) >= 11 is 0. The summed E-state index contributed by atoms with van der Waals surface area (Å²) in [5.41, 5.74) is 4.80. The van der Waals surface area contributed by atoms with E-state index < -0.39 is 0 Å². The third kappa shape index (κ3) is 3.85. The van der Waals surface area contributed by atoms with Gasteiger partial charge < -0.3 is 4.90 Å². The van der Waals surface area contributed by atoms with Crippen molar-refractivity contribution in [3.63, 3.8) is 0 Å². The number of benzene rings is 2. The fourth-order valence-electron chi connectivity index (χ4n) is 3.20. The molecule has 0 radical (unpaired) electrons. The van der Waals surface area contributed by atoms with Gasteiger partial charge in [-0.3, -0.25) is 9.69 Å². The van der Waals surface area contributed by atoms with Crippen LogP contribution in [0.15, 0.2) is 48.5 Å². The monoisotopic (exact) mass is 322 g/mol. The molecule has 1 heterocycles. The van der Waals surface area contributed by atoms with E-state index in [4.69, 9.17) is 0 Å². The second kappa shape index (κ2) is 7.63. The molecule has 1 fully saturated rings. The smallest absolute Gasteiger partial charge is 0.253 e. The summed E-state index contributed by atoms with van der Waals surface area (Å²) in [5.74, 6) is 0.160. The third-order valence-electron chi connectivity index (χ3n) is 4.92. The minimum absolute atomic E-state index is 0.160. The lowest BCUT2D eigenvalue weighted by molar-refractivity contribution is 0.0628. The van der Waals surface area contributed by atoms with Crippen LogP contribution in [0.3, 0.4) is 0 Å². The molecule has 3 rings (SSSR count). The predicted octanol–water partition coefficient (Wildman–Crippen LogP) is 3.52. The highest BCUT2D eigenvalue weighted by Gasteiger charge is 2.22. The van der Waals surface area contributed by atoms with Gasteiger partial charge in [0, 0.05) is 38.3 Å². The highest BCUT2D eigenvalue weighted by molar-refractivity contribution is 5.94. The number of hydrogen-bond donors (Lipinski definition) is 0. The van der Waals surface area contributed by atoms with Crippen LogP contribution >= 0.6 is 0 Å². The molecule has 0 bridgehead atoms. The van der Waals surface area contributed by atoms with E-state index in [0.717, 1.165) is 44.7 Å². The molecule has 2 aromatic carbocycles. The standard InChI is InChI=1S/C21H26N2O/c1-3-18-8-10-19(11-9-18)21(24)23-14-12-22(13-15-23)16-20-7-5-4-6-17(20)2/h4-11H,3,12-16H2,1-2H3. The second-order valence-corrected chi connectivity index (χ2v) is 6.55. The van der Waals surface area contributed by atoms with Gasteiger partial charge in [-0.1, -0.05) is 43.3 Å². The Bertz CT molecular complexity index is 685. The van der Waals surface area contributed by atoms with E-state index >= 15 is 0 Å². The lowest BCUT2D eigenvalue weighted by atomic mass is 10.1. The molecule has 126 valence electrons. The molecule has 3 heteroatoms. The predicted molar refractivity (Wildman–Crippen MR) is 98.2 cm³/mol. The van der Waals surface area contributed by atoms with Gasteiger partial charge >= 0.3 is 0 Å². The molecule has 0 spiro atoms. The summed E-state index contributed by atoms with van der Waals surface area (Å²) in [6, 6.07) is 16.6. The molecule has 0 N–H and O–H groups in total. The van der Waals surface area contributed by atoms with Crippen molar-refractivity contribution in [2.45, 2.75) is 26.8 Å².